The van der Waals surface area contributed by atoms with Crippen molar-refractivity contribution in [1.82, 2.24) is 5.32 Å². The lowest BCUT2D eigenvalue weighted by atomic mass is 10.1. The van der Waals surface area contributed by atoms with E-state index in [2.05, 4.69) is 26.0 Å². The van der Waals surface area contributed by atoms with Gasteiger partial charge < -0.3 is 15.8 Å². The largest absolute Gasteiger partial charge is 0.448 e. The number of benzene rings is 1. The minimum atomic E-state index is -0.738. The zero-order valence-corrected chi connectivity index (χ0v) is 10.7. The van der Waals surface area contributed by atoms with Crippen LogP contribution in [0.5, 0.6) is 0 Å². The second kappa shape index (κ2) is 6.50. The number of halogens is 1. The number of primary amides is 1. The number of rotatable bonds is 5. The number of carbonyl (C=O) groups is 1. The van der Waals surface area contributed by atoms with Gasteiger partial charge in [-0.1, -0.05) is 28.1 Å². The number of nitrogens with two attached hydrogens (primary N) is 1. The molecule has 1 atom stereocenters. The van der Waals surface area contributed by atoms with Crippen molar-refractivity contribution in [1.29, 1.82) is 0 Å². The Morgan fingerprint density at radius 2 is 2.12 bits per heavy atom. The van der Waals surface area contributed by atoms with E-state index in [9.17, 15) is 4.79 Å². The molecule has 0 aliphatic heterocycles. The molecule has 0 spiro atoms. The SMILES string of the molecule is CC(NCCOC(N)=O)c1ccc(Br)cc1. The molecule has 0 heterocycles. The molecule has 1 unspecified atom stereocenters. The minimum Gasteiger partial charge on any atom is -0.448 e. The van der Waals surface area contributed by atoms with Crippen LogP contribution in [0.3, 0.4) is 0 Å². The standard InChI is InChI=1S/C11H15BrN2O2/c1-8(14-6-7-16-11(13)15)9-2-4-10(12)5-3-9/h2-5,8,14H,6-7H2,1H3,(H2,13,15). The van der Waals surface area contributed by atoms with Crippen LogP contribution in [0, 0.1) is 0 Å². The van der Waals surface area contributed by atoms with Crippen molar-refractivity contribution >= 4 is 22.0 Å². The third-order valence-corrected chi connectivity index (χ3v) is 2.70. The predicted octanol–water partition coefficient (Wildman–Crippen LogP) is 2.20. The van der Waals surface area contributed by atoms with Crippen LogP contribution in [0.25, 0.3) is 0 Å². The maximum Gasteiger partial charge on any atom is 0.404 e. The summed E-state index contributed by atoms with van der Waals surface area (Å²) in [5, 5.41) is 3.23. The van der Waals surface area contributed by atoms with Gasteiger partial charge in [0.1, 0.15) is 6.61 Å². The van der Waals surface area contributed by atoms with Crippen LogP contribution in [0.1, 0.15) is 18.5 Å². The summed E-state index contributed by atoms with van der Waals surface area (Å²) in [6.07, 6.45) is -0.738. The fourth-order valence-electron chi connectivity index (χ4n) is 1.30. The Morgan fingerprint density at radius 1 is 1.50 bits per heavy atom. The molecule has 1 amide bonds. The Hall–Kier alpha value is -1.07. The van der Waals surface area contributed by atoms with Crippen molar-refractivity contribution in [2.75, 3.05) is 13.2 Å². The maximum absolute atomic E-state index is 10.3. The Balaban J connectivity index is 2.32. The highest BCUT2D eigenvalue weighted by atomic mass is 79.9. The van der Waals surface area contributed by atoms with Crippen LogP contribution in [-0.2, 0) is 4.74 Å². The number of nitrogens with one attached hydrogen (secondary N) is 1. The average Bonchev–Trinajstić information content (AvgIpc) is 2.25. The van der Waals surface area contributed by atoms with Gasteiger partial charge in [-0.15, -0.1) is 0 Å². The lowest BCUT2D eigenvalue weighted by Gasteiger charge is -2.14. The van der Waals surface area contributed by atoms with Crippen molar-refractivity contribution in [3.63, 3.8) is 0 Å². The number of hydrogen-bond acceptors (Lipinski definition) is 3. The molecule has 1 rings (SSSR count). The second-order valence-corrected chi connectivity index (χ2v) is 4.31. The molecule has 0 saturated heterocycles. The molecule has 1 aromatic carbocycles. The summed E-state index contributed by atoms with van der Waals surface area (Å²) in [4.78, 5) is 10.3. The molecule has 0 aliphatic rings. The van der Waals surface area contributed by atoms with Gasteiger partial charge in [-0.3, -0.25) is 0 Å². The molecule has 0 aromatic heterocycles. The van der Waals surface area contributed by atoms with E-state index in [4.69, 9.17) is 5.73 Å². The van der Waals surface area contributed by atoms with Crippen LogP contribution < -0.4 is 11.1 Å². The average molecular weight is 287 g/mol. The molecule has 0 aliphatic carbocycles. The summed E-state index contributed by atoms with van der Waals surface area (Å²) < 4.78 is 5.67. The molecule has 16 heavy (non-hydrogen) atoms. The summed E-state index contributed by atoms with van der Waals surface area (Å²) in [5.41, 5.74) is 6.03. The molecular formula is C11H15BrN2O2. The van der Waals surface area contributed by atoms with Crippen molar-refractivity contribution in [2.24, 2.45) is 5.73 Å². The van der Waals surface area contributed by atoms with Gasteiger partial charge in [-0.05, 0) is 24.6 Å². The lowest BCUT2D eigenvalue weighted by Crippen LogP contribution is -2.25. The minimum absolute atomic E-state index is 0.213. The van der Waals surface area contributed by atoms with Gasteiger partial charge in [-0.25, -0.2) is 4.79 Å². The lowest BCUT2D eigenvalue weighted by molar-refractivity contribution is 0.156. The molecule has 0 saturated carbocycles. The predicted molar refractivity (Wildman–Crippen MR) is 66.1 cm³/mol. The number of amides is 1. The van der Waals surface area contributed by atoms with E-state index in [1.54, 1.807) is 0 Å². The van der Waals surface area contributed by atoms with Gasteiger partial charge in [0.15, 0.2) is 0 Å². The number of ether oxygens (including phenoxy) is 1. The van der Waals surface area contributed by atoms with Gasteiger partial charge in [0, 0.05) is 17.1 Å². The van der Waals surface area contributed by atoms with E-state index >= 15 is 0 Å². The normalized spacial score (nSPS) is 12.1. The molecule has 1 aromatic rings. The van der Waals surface area contributed by atoms with Gasteiger partial charge in [0.05, 0.1) is 0 Å². The zero-order valence-electron chi connectivity index (χ0n) is 9.07. The fourth-order valence-corrected chi connectivity index (χ4v) is 1.56. The molecular weight excluding hydrogens is 272 g/mol. The Labute approximate surface area is 103 Å². The van der Waals surface area contributed by atoms with Crippen molar-refractivity contribution in [3.8, 4) is 0 Å². The monoisotopic (exact) mass is 286 g/mol. The first-order valence-corrected chi connectivity index (χ1v) is 5.80. The number of carbonyl (C=O) groups excluding carboxylic acids is 1. The molecule has 0 fully saturated rings. The first-order valence-electron chi connectivity index (χ1n) is 5.00. The highest BCUT2D eigenvalue weighted by Crippen LogP contribution is 2.16. The maximum atomic E-state index is 10.3. The van der Waals surface area contributed by atoms with E-state index in [-0.39, 0.29) is 12.6 Å². The molecule has 5 heteroatoms. The fraction of sp³-hybridized carbons (Fsp3) is 0.364. The third kappa shape index (κ3) is 4.63. The van der Waals surface area contributed by atoms with Gasteiger partial charge in [0.25, 0.3) is 0 Å². The van der Waals surface area contributed by atoms with E-state index < -0.39 is 6.09 Å². The molecule has 88 valence electrons. The van der Waals surface area contributed by atoms with Crippen LogP contribution in [0.4, 0.5) is 4.79 Å². The molecule has 3 N–H and O–H groups in total. The van der Waals surface area contributed by atoms with Gasteiger partial charge in [0.2, 0.25) is 0 Å². The topological polar surface area (TPSA) is 64.3 Å². The quantitative estimate of drug-likeness (QED) is 0.816. The van der Waals surface area contributed by atoms with Crippen molar-refractivity contribution in [3.05, 3.63) is 34.3 Å². The van der Waals surface area contributed by atoms with E-state index in [1.807, 2.05) is 31.2 Å². The zero-order chi connectivity index (χ0) is 12.0. The number of hydrogen-bond donors (Lipinski definition) is 2. The van der Waals surface area contributed by atoms with Crippen molar-refractivity contribution < 1.29 is 9.53 Å². The summed E-state index contributed by atoms with van der Waals surface area (Å²) >= 11 is 3.38. The van der Waals surface area contributed by atoms with Crippen LogP contribution >= 0.6 is 15.9 Å². The van der Waals surface area contributed by atoms with Crippen LogP contribution in [-0.4, -0.2) is 19.2 Å². The first-order chi connectivity index (χ1) is 7.59. The highest BCUT2D eigenvalue weighted by molar-refractivity contribution is 9.10. The Kier molecular flexibility index (Phi) is 5.28. The molecule has 0 radical (unpaired) electrons. The summed E-state index contributed by atoms with van der Waals surface area (Å²) in [6.45, 7) is 2.92. The Morgan fingerprint density at radius 3 is 2.69 bits per heavy atom. The van der Waals surface area contributed by atoms with Gasteiger partial charge in [-0.2, -0.15) is 0 Å². The van der Waals surface area contributed by atoms with Crippen LogP contribution in [0.2, 0.25) is 0 Å². The molecule has 4 nitrogen and oxygen atoms in total. The smallest absolute Gasteiger partial charge is 0.404 e. The molecule has 0 bridgehead atoms. The summed E-state index contributed by atoms with van der Waals surface area (Å²) in [6, 6.07) is 8.28. The summed E-state index contributed by atoms with van der Waals surface area (Å²) in [7, 11) is 0. The van der Waals surface area contributed by atoms with E-state index in [1.165, 1.54) is 5.56 Å². The van der Waals surface area contributed by atoms with E-state index in [0.29, 0.717) is 6.54 Å². The van der Waals surface area contributed by atoms with E-state index in [0.717, 1.165) is 4.47 Å². The second-order valence-electron chi connectivity index (χ2n) is 3.39. The summed E-state index contributed by atoms with van der Waals surface area (Å²) in [5.74, 6) is 0. The highest BCUT2D eigenvalue weighted by Gasteiger charge is 2.04. The third-order valence-electron chi connectivity index (χ3n) is 2.17. The van der Waals surface area contributed by atoms with Gasteiger partial charge >= 0.3 is 6.09 Å². The van der Waals surface area contributed by atoms with Crippen LogP contribution in [0.15, 0.2) is 28.7 Å². The Bertz CT molecular complexity index is 340. The van der Waals surface area contributed by atoms with Crippen molar-refractivity contribution in [2.45, 2.75) is 13.0 Å². The first kappa shape index (κ1) is 13.0.